The molecule has 0 bridgehead atoms. The van der Waals surface area contributed by atoms with Crippen molar-refractivity contribution in [1.29, 1.82) is 0 Å². The molecule has 124 valence electrons. The van der Waals surface area contributed by atoms with Crippen molar-refractivity contribution in [2.24, 2.45) is 0 Å². The number of benzene rings is 2. The fourth-order valence-electron chi connectivity index (χ4n) is 2.67. The van der Waals surface area contributed by atoms with Gasteiger partial charge in [0.2, 0.25) is 5.91 Å². The maximum atomic E-state index is 12.5. The minimum Gasteiger partial charge on any atom is -0.408 e. The molecule has 3 rings (SSSR count). The predicted molar refractivity (Wildman–Crippen MR) is 94.3 cm³/mol. The van der Waals surface area contributed by atoms with Gasteiger partial charge in [-0.3, -0.25) is 9.36 Å². The molecule has 2 aromatic carbocycles. The molecule has 0 aliphatic carbocycles. The molecule has 1 unspecified atom stereocenters. The van der Waals surface area contributed by atoms with Crippen LogP contribution in [0.15, 0.2) is 57.7 Å². The number of rotatable bonds is 4. The summed E-state index contributed by atoms with van der Waals surface area (Å²) in [6, 6.07) is 14.1. The van der Waals surface area contributed by atoms with E-state index in [1.807, 2.05) is 30.3 Å². The number of fused-ring (bicyclic) bond motifs is 1. The third kappa shape index (κ3) is 2.97. The van der Waals surface area contributed by atoms with Crippen molar-refractivity contribution in [3.63, 3.8) is 0 Å². The van der Waals surface area contributed by atoms with Crippen LogP contribution in [0.4, 0.5) is 5.69 Å². The number of anilines is 1. The third-order valence-electron chi connectivity index (χ3n) is 4.13. The molecule has 1 aromatic heterocycles. The summed E-state index contributed by atoms with van der Waals surface area (Å²) in [5, 5.41) is 2.85. The molecule has 3 aromatic rings. The predicted octanol–water partition coefficient (Wildman–Crippen LogP) is 3.92. The number of oxazole rings is 1. The lowest BCUT2D eigenvalue weighted by Crippen LogP contribution is -2.29. The van der Waals surface area contributed by atoms with Gasteiger partial charge < -0.3 is 9.73 Å². The molecular weight excluding hydrogens is 304 g/mol. The van der Waals surface area contributed by atoms with Crippen molar-refractivity contribution in [2.75, 3.05) is 5.32 Å². The average molecular weight is 324 g/mol. The Balaban J connectivity index is 1.84. The second-order valence-corrected chi connectivity index (χ2v) is 6.15. The highest BCUT2D eigenvalue weighted by atomic mass is 16.4. The highest BCUT2D eigenvalue weighted by molar-refractivity contribution is 5.94. The highest BCUT2D eigenvalue weighted by Gasteiger charge is 2.21. The number of hydrogen-bond donors (Lipinski definition) is 1. The summed E-state index contributed by atoms with van der Waals surface area (Å²) >= 11 is 0. The summed E-state index contributed by atoms with van der Waals surface area (Å²) in [6.45, 7) is 5.92. The van der Waals surface area contributed by atoms with Crippen LogP contribution in [0.25, 0.3) is 11.1 Å². The molecule has 5 nitrogen and oxygen atoms in total. The largest absolute Gasteiger partial charge is 0.420 e. The minimum atomic E-state index is -0.675. The van der Waals surface area contributed by atoms with Crippen LogP contribution in [0.1, 0.15) is 38.3 Å². The van der Waals surface area contributed by atoms with Crippen LogP contribution in [0.3, 0.4) is 0 Å². The number of aromatic nitrogens is 1. The zero-order chi connectivity index (χ0) is 17.3. The molecule has 24 heavy (non-hydrogen) atoms. The van der Waals surface area contributed by atoms with E-state index in [1.165, 1.54) is 10.1 Å². The van der Waals surface area contributed by atoms with Gasteiger partial charge in [0.1, 0.15) is 6.04 Å². The number of nitrogens with zero attached hydrogens (tertiary/aromatic N) is 1. The number of amides is 1. The number of hydrogen-bond acceptors (Lipinski definition) is 3. The smallest absolute Gasteiger partial charge is 0.408 e. The SMILES string of the molecule is CC(C)c1ccc(NC(=O)C(C)n2c(=O)oc3ccccc32)cc1. The summed E-state index contributed by atoms with van der Waals surface area (Å²) < 4.78 is 6.56. The molecule has 1 amide bonds. The maximum absolute atomic E-state index is 12.5. The van der Waals surface area contributed by atoms with Gasteiger partial charge in [-0.05, 0) is 42.7 Å². The summed E-state index contributed by atoms with van der Waals surface area (Å²) in [7, 11) is 0. The van der Waals surface area contributed by atoms with Crippen molar-refractivity contribution >= 4 is 22.7 Å². The Labute approximate surface area is 139 Å². The summed E-state index contributed by atoms with van der Waals surface area (Å²) in [6.07, 6.45) is 0. The van der Waals surface area contributed by atoms with Gasteiger partial charge in [0.15, 0.2) is 5.58 Å². The van der Waals surface area contributed by atoms with Gasteiger partial charge in [0.25, 0.3) is 0 Å². The van der Waals surface area contributed by atoms with E-state index < -0.39 is 11.8 Å². The molecule has 1 heterocycles. The molecule has 1 atom stereocenters. The summed E-state index contributed by atoms with van der Waals surface area (Å²) in [5.41, 5.74) is 3.00. The van der Waals surface area contributed by atoms with E-state index in [0.717, 1.165) is 0 Å². The van der Waals surface area contributed by atoms with Crippen LogP contribution in [-0.4, -0.2) is 10.5 Å². The molecule has 5 heteroatoms. The van der Waals surface area contributed by atoms with Crippen LogP contribution >= 0.6 is 0 Å². The van der Waals surface area contributed by atoms with E-state index in [-0.39, 0.29) is 5.91 Å². The molecule has 0 aliphatic rings. The second-order valence-electron chi connectivity index (χ2n) is 6.15. The van der Waals surface area contributed by atoms with E-state index in [9.17, 15) is 9.59 Å². The summed E-state index contributed by atoms with van der Waals surface area (Å²) in [5.74, 6) is -0.362. The second kappa shape index (κ2) is 6.35. The number of para-hydroxylation sites is 2. The van der Waals surface area contributed by atoms with Crippen LogP contribution in [0, 0.1) is 0 Å². The van der Waals surface area contributed by atoms with Crippen molar-refractivity contribution in [2.45, 2.75) is 32.7 Å². The van der Waals surface area contributed by atoms with E-state index in [0.29, 0.717) is 22.7 Å². The Morgan fingerprint density at radius 1 is 1.04 bits per heavy atom. The van der Waals surface area contributed by atoms with E-state index in [4.69, 9.17) is 4.42 Å². The van der Waals surface area contributed by atoms with Gasteiger partial charge in [-0.25, -0.2) is 4.79 Å². The molecule has 0 radical (unpaired) electrons. The molecule has 0 aliphatic heterocycles. The minimum absolute atomic E-state index is 0.263. The van der Waals surface area contributed by atoms with Gasteiger partial charge >= 0.3 is 5.76 Å². The molecule has 0 saturated heterocycles. The average Bonchev–Trinajstić information content (AvgIpc) is 2.90. The third-order valence-corrected chi connectivity index (χ3v) is 4.13. The topological polar surface area (TPSA) is 64.2 Å². The van der Waals surface area contributed by atoms with Gasteiger partial charge in [-0.2, -0.15) is 0 Å². The number of nitrogens with one attached hydrogen (secondary N) is 1. The highest BCUT2D eigenvalue weighted by Crippen LogP contribution is 2.20. The molecule has 0 fully saturated rings. The molecule has 0 saturated carbocycles. The number of carbonyl (C=O) groups is 1. The van der Waals surface area contributed by atoms with Gasteiger partial charge in [-0.15, -0.1) is 0 Å². The van der Waals surface area contributed by atoms with Crippen molar-refractivity contribution in [3.8, 4) is 0 Å². The Bertz CT molecular complexity index is 920. The molecule has 1 N–H and O–H groups in total. The Morgan fingerprint density at radius 2 is 1.71 bits per heavy atom. The normalized spacial score (nSPS) is 12.5. The van der Waals surface area contributed by atoms with Crippen LogP contribution in [0.5, 0.6) is 0 Å². The molecular formula is C19H20N2O3. The van der Waals surface area contributed by atoms with Crippen LogP contribution < -0.4 is 11.1 Å². The first-order valence-electron chi connectivity index (χ1n) is 7.98. The lowest BCUT2D eigenvalue weighted by Gasteiger charge is -2.14. The van der Waals surface area contributed by atoms with Gasteiger partial charge in [0.05, 0.1) is 5.52 Å². The molecule has 0 spiro atoms. The van der Waals surface area contributed by atoms with Gasteiger partial charge in [-0.1, -0.05) is 38.1 Å². The number of carbonyl (C=O) groups excluding carboxylic acids is 1. The quantitative estimate of drug-likeness (QED) is 0.791. The van der Waals surface area contributed by atoms with E-state index in [2.05, 4.69) is 19.2 Å². The summed E-state index contributed by atoms with van der Waals surface area (Å²) in [4.78, 5) is 24.6. The van der Waals surface area contributed by atoms with Crippen molar-refractivity contribution in [3.05, 3.63) is 64.6 Å². The lowest BCUT2D eigenvalue weighted by atomic mass is 10.0. The monoisotopic (exact) mass is 324 g/mol. The zero-order valence-electron chi connectivity index (χ0n) is 13.9. The van der Waals surface area contributed by atoms with Crippen molar-refractivity contribution in [1.82, 2.24) is 4.57 Å². The van der Waals surface area contributed by atoms with Crippen LogP contribution in [0.2, 0.25) is 0 Å². The fraction of sp³-hybridized carbons (Fsp3) is 0.263. The van der Waals surface area contributed by atoms with E-state index in [1.54, 1.807) is 25.1 Å². The first-order chi connectivity index (χ1) is 11.5. The fourth-order valence-corrected chi connectivity index (χ4v) is 2.67. The first-order valence-corrected chi connectivity index (χ1v) is 7.98. The van der Waals surface area contributed by atoms with Gasteiger partial charge in [0, 0.05) is 5.69 Å². The zero-order valence-corrected chi connectivity index (χ0v) is 13.9. The Hall–Kier alpha value is -2.82. The van der Waals surface area contributed by atoms with Crippen LogP contribution in [-0.2, 0) is 4.79 Å². The van der Waals surface area contributed by atoms with E-state index >= 15 is 0 Å². The first kappa shape index (κ1) is 16.1. The maximum Gasteiger partial charge on any atom is 0.420 e. The van der Waals surface area contributed by atoms with Crippen molar-refractivity contribution < 1.29 is 9.21 Å². The Morgan fingerprint density at radius 3 is 2.38 bits per heavy atom. The Kier molecular flexibility index (Phi) is 4.25. The standard InChI is InChI=1S/C19H20N2O3/c1-12(2)14-8-10-15(11-9-14)20-18(22)13(3)21-16-6-4-5-7-17(16)24-19(21)23/h4-13H,1-3H3,(H,20,22). The lowest BCUT2D eigenvalue weighted by molar-refractivity contribution is -0.118.